The molecule has 2 rings (SSSR count). The minimum Gasteiger partial charge on any atom is -0.394 e. The summed E-state index contributed by atoms with van der Waals surface area (Å²) in [6.07, 6.45) is 2.93. The molecule has 96 valence electrons. The standard InChI is InChI=1S/C7H8N4O.C3H8.C2H6/c1-2-12-11-7-6(9-10-11)4-3-5-8-7;1-3-2;1-2/h3-5H,2H2,1H3;3H2,1-2H3;1-2H3. The van der Waals surface area contributed by atoms with Crippen molar-refractivity contribution in [1.29, 1.82) is 0 Å². The van der Waals surface area contributed by atoms with E-state index in [0.717, 1.165) is 5.52 Å². The van der Waals surface area contributed by atoms with Gasteiger partial charge in [0, 0.05) is 6.20 Å². The molecule has 2 aromatic heterocycles. The molecule has 0 aliphatic carbocycles. The number of pyridine rings is 1. The van der Waals surface area contributed by atoms with Gasteiger partial charge in [0.1, 0.15) is 12.1 Å². The van der Waals surface area contributed by atoms with Crippen molar-refractivity contribution in [2.45, 2.75) is 41.0 Å². The van der Waals surface area contributed by atoms with E-state index in [9.17, 15) is 0 Å². The first kappa shape index (κ1) is 15.3. The highest BCUT2D eigenvalue weighted by atomic mass is 16.7. The lowest BCUT2D eigenvalue weighted by molar-refractivity contribution is 0.0966. The Kier molecular flexibility index (Phi) is 8.64. The molecule has 17 heavy (non-hydrogen) atoms. The van der Waals surface area contributed by atoms with Crippen molar-refractivity contribution in [3.63, 3.8) is 0 Å². The largest absolute Gasteiger partial charge is 0.394 e. The van der Waals surface area contributed by atoms with Crippen molar-refractivity contribution in [3.05, 3.63) is 18.3 Å². The Morgan fingerprint density at radius 1 is 1.24 bits per heavy atom. The van der Waals surface area contributed by atoms with Crippen molar-refractivity contribution in [1.82, 2.24) is 20.1 Å². The maximum atomic E-state index is 5.14. The zero-order valence-corrected chi connectivity index (χ0v) is 11.3. The van der Waals surface area contributed by atoms with Gasteiger partial charge in [-0.05, 0) is 24.3 Å². The monoisotopic (exact) mass is 238 g/mol. The molecule has 5 heteroatoms. The Balaban J connectivity index is 0.000000450. The third-order valence-corrected chi connectivity index (χ3v) is 1.43. The van der Waals surface area contributed by atoms with Gasteiger partial charge >= 0.3 is 0 Å². The molecule has 2 aromatic rings. The van der Waals surface area contributed by atoms with Crippen LogP contribution in [0.3, 0.4) is 0 Å². The minimum absolute atomic E-state index is 0.551. The zero-order valence-electron chi connectivity index (χ0n) is 11.3. The van der Waals surface area contributed by atoms with E-state index in [-0.39, 0.29) is 0 Å². The van der Waals surface area contributed by atoms with Gasteiger partial charge in [0.2, 0.25) is 5.65 Å². The molecule has 0 aliphatic rings. The summed E-state index contributed by atoms with van der Waals surface area (Å²) in [5, 5.41) is 7.63. The summed E-state index contributed by atoms with van der Waals surface area (Å²) >= 11 is 0. The van der Waals surface area contributed by atoms with Gasteiger partial charge < -0.3 is 4.84 Å². The number of aromatic nitrogens is 4. The van der Waals surface area contributed by atoms with Crippen LogP contribution in [0.4, 0.5) is 0 Å². The highest BCUT2D eigenvalue weighted by Gasteiger charge is 2.03. The van der Waals surface area contributed by atoms with Crippen molar-refractivity contribution in [2.75, 3.05) is 6.61 Å². The third kappa shape index (κ3) is 4.80. The Bertz CT molecular complexity index is 400. The van der Waals surface area contributed by atoms with Gasteiger partial charge in [-0.25, -0.2) is 4.98 Å². The molecular formula is C12H22N4O. The van der Waals surface area contributed by atoms with E-state index in [1.807, 2.05) is 32.9 Å². The van der Waals surface area contributed by atoms with Crippen LogP contribution in [-0.2, 0) is 0 Å². The quantitative estimate of drug-likeness (QED) is 0.807. The zero-order chi connectivity index (χ0) is 13.1. The van der Waals surface area contributed by atoms with Gasteiger partial charge in [-0.2, -0.15) is 0 Å². The van der Waals surface area contributed by atoms with Crippen LogP contribution >= 0.6 is 0 Å². The fourth-order valence-corrected chi connectivity index (χ4v) is 0.954. The van der Waals surface area contributed by atoms with Crippen LogP contribution in [0.5, 0.6) is 0 Å². The molecule has 0 bridgehead atoms. The van der Waals surface area contributed by atoms with E-state index in [4.69, 9.17) is 4.84 Å². The first-order valence-corrected chi connectivity index (χ1v) is 6.13. The Hall–Kier alpha value is -1.65. The second-order valence-corrected chi connectivity index (χ2v) is 2.93. The van der Waals surface area contributed by atoms with E-state index >= 15 is 0 Å². The highest BCUT2D eigenvalue weighted by molar-refractivity contribution is 5.68. The SMILES string of the molecule is CC.CCC.CCOn1nnc2cccnc21. The van der Waals surface area contributed by atoms with Crippen LogP contribution in [0, 0.1) is 0 Å². The molecule has 0 atom stereocenters. The molecule has 0 aliphatic heterocycles. The molecule has 2 heterocycles. The summed E-state index contributed by atoms with van der Waals surface area (Å²) in [5.74, 6) is 0. The molecule has 0 spiro atoms. The highest BCUT2D eigenvalue weighted by Crippen LogP contribution is 2.03. The first-order valence-electron chi connectivity index (χ1n) is 6.13. The van der Waals surface area contributed by atoms with Crippen LogP contribution in [0.25, 0.3) is 11.2 Å². The van der Waals surface area contributed by atoms with E-state index in [1.54, 1.807) is 6.20 Å². The lowest BCUT2D eigenvalue weighted by atomic mass is 10.4. The summed E-state index contributed by atoms with van der Waals surface area (Å²) in [5.41, 5.74) is 1.39. The molecule has 0 unspecified atom stereocenters. The van der Waals surface area contributed by atoms with Crippen LogP contribution in [0.15, 0.2) is 18.3 Å². The summed E-state index contributed by atoms with van der Waals surface area (Å²) < 4.78 is 0. The maximum Gasteiger partial charge on any atom is 0.219 e. The predicted octanol–water partition coefficient (Wildman–Crippen LogP) is 2.72. The average molecular weight is 238 g/mol. The van der Waals surface area contributed by atoms with E-state index < -0.39 is 0 Å². The van der Waals surface area contributed by atoms with Crippen LogP contribution in [0.1, 0.15) is 41.0 Å². The lowest BCUT2D eigenvalue weighted by Crippen LogP contribution is -2.12. The van der Waals surface area contributed by atoms with E-state index in [0.29, 0.717) is 12.3 Å². The van der Waals surface area contributed by atoms with Gasteiger partial charge in [-0.3, -0.25) is 0 Å². The average Bonchev–Trinajstić information content (AvgIpc) is 2.77. The molecule has 0 saturated carbocycles. The van der Waals surface area contributed by atoms with Crippen LogP contribution in [-0.4, -0.2) is 26.7 Å². The van der Waals surface area contributed by atoms with Crippen molar-refractivity contribution < 1.29 is 4.84 Å². The second-order valence-electron chi connectivity index (χ2n) is 2.93. The second kappa shape index (κ2) is 9.57. The molecule has 0 aromatic carbocycles. The number of fused-ring (bicyclic) bond motifs is 1. The molecule has 0 fully saturated rings. The lowest BCUT2D eigenvalue weighted by Gasteiger charge is -1.98. The fourth-order valence-electron chi connectivity index (χ4n) is 0.954. The molecule has 0 saturated heterocycles. The predicted molar refractivity (Wildman–Crippen MR) is 69.8 cm³/mol. The van der Waals surface area contributed by atoms with Gasteiger partial charge in [-0.15, -0.1) is 5.10 Å². The Morgan fingerprint density at radius 3 is 2.47 bits per heavy atom. The topological polar surface area (TPSA) is 52.8 Å². The normalized spacial score (nSPS) is 8.76. The first-order chi connectivity index (χ1) is 8.33. The number of nitrogens with zero attached hydrogens (tertiary/aromatic N) is 4. The van der Waals surface area contributed by atoms with Crippen molar-refractivity contribution in [3.8, 4) is 0 Å². The van der Waals surface area contributed by atoms with Gasteiger partial charge in [0.05, 0.1) is 0 Å². The summed E-state index contributed by atoms with van der Waals surface area (Å²) in [7, 11) is 0. The minimum atomic E-state index is 0.551. The summed E-state index contributed by atoms with van der Waals surface area (Å²) in [6.45, 7) is 10.7. The summed E-state index contributed by atoms with van der Waals surface area (Å²) in [6, 6.07) is 3.65. The number of rotatable bonds is 2. The number of hydrogen-bond donors (Lipinski definition) is 0. The molecule has 0 amide bonds. The maximum absolute atomic E-state index is 5.14. The smallest absolute Gasteiger partial charge is 0.219 e. The van der Waals surface area contributed by atoms with Crippen molar-refractivity contribution >= 4 is 11.2 Å². The van der Waals surface area contributed by atoms with Crippen LogP contribution < -0.4 is 4.84 Å². The third-order valence-electron chi connectivity index (χ3n) is 1.43. The molecule has 5 nitrogen and oxygen atoms in total. The molecule has 0 radical (unpaired) electrons. The summed E-state index contributed by atoms with van der Waals surface area (Å²) in [4.78, 5) is 10.5. The van der Waals surface area contributed by atoms with Crippen LogP contribution in [0.2, 0.25) is 0 Å². The van der Waals surface area contributed by atoms with Gasteiger partial charge in [-0.1, -0.05) is 39.0 Å². The molecule has 0 N–H and O–H groups in total. The Labute approximate surface area is 103 Å². The van der Waals surface area contributed by atoms with Crippen molar-refractivity contribution in [2.24, 2.45) is 0 Å². The molecular weight excluding hydrogens is 216 g/mol. The van der Waals surface area contributed by atoms with E-state index in [2.05, 4.69) is 29.1 Å². The fraction of sp³-hybridized carbons (Fsp3) is 0.583. The Morgan fingerprint density at radius 2 is 1.88 bits per heavy atom. The van der Waals surface area contributed by atoms with Gasteiger partial charge in [0.15, 0.2) is 0 Å². The van der Waals surface area contributed by atoms with E-state index in [1.165, 1.54) is 11.3 Å². The number of hydrogen-bond acceptors (Lipinski definition) is 4. The van der Waals surface area contributed by atoms with Gasteiger partial charge in [0.25, 0.3) is 0 Å².